The zero-order valence-electron chi connectivity index (χ0n) is 12.7. The van der Waals surface area contributed by atoms with Gasteiger partial charge in [0.25, 0.3) is 0 Å². The number of rotatable bonds is 4. The summed E-state index contributed by atoms with van der Waals surface area (Å²) in [6.07, 6.45) is 6.45. The maximum atomic E-state index is 9.79. The van der Waals surface area contributed by atoms with Crippen molar-refractivity contribution < 1.29 is 9.84 Å². The van der Waals surface area contributed by atoms with Crippen LogP contribution < -0.4 is 4.74 Å². The van der Waals surface area contributed by atoms with Crippen LogP contribution >= 0.6 is 0 Å². The van der Waals surface area contributed by atoms with Crippen LogP contribution in [0.3, 0.4) is 0 Å². The van der Waals surface area contributed by atoms with Gasteiger partial charge >= 0.3 is 0 Å². The third-order valence-corrected chi connectivity index (χ3v) is 4.80. The zero-order valence-corrected chi connectivity index (χ0v) is 12.7. The van der Waals surface area contributed by atoms with E-state index in [9.17, 15) is 5.11 Å². The first-order valence-corrected chi connectivity index (χ1v) is 8.11. The molecule has 1 N–H and O–H groups in total. The van der Waals surface area contributed by atoms with Gasteiger partial charge in [0, 0.05) is 5.56 Å². The van der Waals surface area contributed by atoms with Gasteiger partial charge in [-0.2, -0.15) is 0 Å². The fourth-order valence-electron chi connectivity index (χ4n) is 3.55. The molecule has 21 heavy (non-hydrogen) atoms. The lowest BCUT2D eigenvalue weighted by molar-refractivity contribution is 0.0880. The Labute approximate surface area is 126 Å². The number of aliphatic hydroxyl groups is 1. The van der Waals surface area contributed by atoms with Crippen LogP contribution in [0, 0.1) is 5.92 Å². The monoisotopic (exact) mass is 284 g/mol. The average molecular weight is 284 g/mol. The summed E-state index contributed by atoms with van der Waals surface area (Å²) < 4.78 is 6.33. The molecule has 2 aromatic rings. The lowest BCUT2D eigenvalue weighted by Crippen LogP contribution is -2.30. The summed E-state index contributed by atoms with van der Waals surface area (Å²) >= 11 is 0. The van der Waals surface area contributed by atoms with Gasteiger partial charge in [-0.05, 0) is 48.4 Å². The van der Waals surface area contributed by atoms with Crippen molar-refractivity contribution in [3.8, 4) is 5.75 Å². The van der Waals surface area contributed by atoms with E-state index in [4.69, 9.17) is 4.74 Å². The van der Waals surface area contributed by atoms with Crippen molar-refractivity contribution in [3.63, 3.8) is 0 Å². The molecule has 0 spiro atoms. The molecule has 0 amide bonds. The van der Waals surface area contributed by atoms with E-state index in [0.29, 0.717) is 12.0 Å². The Hall–Kier alpha value is -1.54. The van der Waals surface area contributed by atoms with Gasteiger partial charge in [0.15, 0.2) is 0 Å². The molecule has 0 bridgehead atoms. The minimum atomic E-state index is 0.0280. The molecule has 1 aliphatic carbocycles. The van der Waals surface area contributed by atoms with Gasteiger partial charge in [-0.3, -0.25) is 0 Å². The molecule has 1 aliphatic rings. The van der Waals surface area contributed by atoms with Gasteiger partial charge in [0.1, 0.15) is 11.9 Å². The van der Waals surface area contributed by atoms with E-state index in [0.717, 1.165) is 28.5 Å². The van der Waals surface area contributed by atoms with Crippen molar-refractivity contribution >= 4 is 10.8 Å². The molecule has 1 saturated carbocycles. The second-order valence-corrected chi connectivity index (χ2v) is 6.03. The average Bonchev–Trinajstić information content (AvgIpc) is 2.55. The van der Waals surface area contributed by atoms with E-state index < -0.39 is 0 Å². The highest BCUT2D eigenvalue weighted by atomic mass is 16.5. The molecule has 112 valence electrons. The summed E-state index contributed by atoms with van der Waals surface area (Å²) in [6.45, 7) is 2.28. The van der Waals surface area contributed by atoms with Gasteiger partial charge in [0.2, 0.25) is 0 Å². The first-order chi connectivity index (χ1) is 10.3. The van der Waals surface area contributed by atoms with Crippen molar-refractivity contribution in [2.75, 3.05) is 0 Å². The fourth-order valence-corrected chi connectivity index (χ4v) is 3.55. The minimum absolute atomic E-state index is 0.0280. The fraction of sp³-hybridized carbons (Fsp3) is 0.474. The number of benzene rings is 2. The highest BCUT2D eigenvalue weighted by Gasteiger charge is 2.26. The van der Waals surface area contributed by atoms with Crippen molar-refractivity contribution in [1.29, 1.82) is 0 Å². The normalized spacial score (nSPS) is 22.4. The molecule has 2 aromatic carbocycles. The Bertz CT molecular complexity index is 606. The molecule has 2 atom stereocenters. The van der Waals surface area contributed by atoms with Gasteiger partial charge in [0.05, 0.1) is 6.61 Å². The zero-order chi connectivity index (χ0) is 14.7. The third kappa shape index (κ3) is 2.91. The molecule has 0 aromatic heterocycles. The van der Waals surface area contributed by atoms with Crippen LogP contribution in [0.1, 0.15) is 44.6 Å². The van der Waals surface area contributed by atoms with E-state index in [1.54, 1.807) is 0 Å². The Kier molecular flexibility index (Phi) is 4.45. The summed E-state index contributed by atoms with van der Waals surface area (Å²) in [5.41, 5.74) is 0.925. The molecular formula is C19H24O2. The van der Waals surface area contributed by atoms with Gasteiger partial charge in [-0.15, -0.1) is 0 Å². The van der Waals surface area contributed by atoms with Crippen LogP contribution in [-0.4, -0.2) is 11.2 Å². The SMILES string of the molecule is CCC1CCCCC1Oc1ccc2ccccc2c1CO. The van der Waals surface area contributed by atoms with E-state index >= 15 is 0 Å². The lowest BCUT2D eigenvalue weighted by Gasteiger charge is -2.32. The van der Waals surface area contributed by atoms with Gasteiger partial charge in [-0.1, -0.05) is 43.7 Å². The summed E-state index contributed by atoms with van der Waals surface area (Å²) in [5.74, 6) is 1.51. The Morgan fingerprint density at radius 3 is 2.71 bits per heavy atom. The minimum Gasteiger partial charge on any atom is -0.490 e. The van der Waals surface area contributed by atoms with Crippen LogP contribution in [0.5, 0.6) is 5.75 Å². The second-order valence-electron chi connectivity index (χ2n) is 6.03. The quantitative estimate of drug-likeness (QED) is 0.883. The third-order valence-electron chi connectivity index (χ3n) is 4.80. The van der Waals surface area contributed by atoms with E-state index in [2.05, 4.69) is 25.1 Å². The molecule has 2 nitrogen and oxygen atoms in total. The van der Waals surface area contributed by atoms with Crippen LogP contribution in [0.2, 0.25) is 0 Å². The Morgan fingerprint density at radius 2 is 1.90 bits per heavy atom. The summed E-state index contributed by atoms with van der Waals surface area (Å²) in [7, 11) is 0. The standard InChI is InChI=1S/C19H24O2/c1-2-14-7-4-6-10-18(14)21-19-12-11-15-8-3-5-9-16(15)17(19)13-20/h3,5,8-9,11-12,14,18,20H,2,4,6-7,10,13H2,1H3. The van der Waals surface area contributed by atoms with Crippen LogP contribution in [0.25, 0.3) is 10.8 Å². The molecule has 2 unspecified atom stereocenters. The molecule has 0 radical (unpaired) electrons. The van der Waals surface area contributed by atoms with Crippen LogP contribution in [0.15, 0.2) is 36.4 Å². The highest BCUT2D eigenvalue weighted by Crippen LogP contribution is 2.34. The smallest absolute Gasteiger partial charge is 0.125 e. The van der Waals surface area contributed by atoms with Crippen molar-refractivity contribution in [3.05, 3.63) is 42.0 Å². The second kappa shape index (κ2) is 6.48. The molecule has 0 heterocycles. The van der Waals surface area contributed by atoms with Crippen molar-refractivity contribution in [2.45, 2.75) is 51.7 Å². The van der Waals surface area contributed by atoms with E-state index in [-0.39, 0.29) is 6.61 Å². The topological polar surface area (TPSA) is 29.5 Å². The summed E-state index contributed by atoms with van der Waals surface area (Å²) in [5, 5.41) is 12.0. The predicted molar refractivity (Wildman–Crippen MR) is 86.5 cm³/mol. The molecule has 0 aliphatic heterocycles. The molecule has 0 saturated heterocycles. The van der Waals surface area contributed by atoms with Crippen molar-refractivity contribution in [2.24, 2.45) is 5.92 Å². The number of hydrogen-bond acceptors (Lipinski definition) is 2. The lowest BCUT2D eigenvalue weighted by atomic mass is 9.84. The number of ether oxygens (including phenoxy) is 1. The van der Waals surface area contributed by atoms with E-state index in [1.807, 2.05) is 18.2 Å². The molecule has 3 rings (SSSR count). The maximum absolute atomic E-state index is 9.79. The number of fused-ring (bicyclic) bond motifs is 1. The molecule has 1 fully saturated rings. The first-order valence-electron chi connectivity index (χ1n) is 8.11. The first kappa shape index (κ1) is 14.4. The van der Waals surface area contributed by atoms with E-state index in [1.165, 1.54) is 25.7 Å². The maximum Gasteiger partial charge on any atom is 0.125 e. The number of aliphatic hydroxyl groups excluding tert-OH is 1. The van der Waals surface area contributed by atoms with Gasteiger partial charge < -0.3 is 9.84 Å². The summed E-state index contributed by atoms with van der Waals surface area (Å²) in [6, 6.07) is 12.3. The predicted octanol–water partition coefficient (Wildman–Crippen LogP) is 4.68. The molecular weight excluding hydrogens is 260 g/mol. The molecule has 2 heteroatoms. The van der Waals surface area contributed by atoms with Gasteiger partial charge in [-0.25, -0.2) is 0 Å². The Balaban J connectivity index is 1.92. The van der Waals surface area contributed by atoms with Crippen molar-refractivity contribution in [1.82, 2.24) is 0 Å². The van der Waals surface area contributed by atoms with Crippen LogP contribution in [-0.2, 0) is 6.61 Å². The van der Waals surface area contributed by atoms with Crippen LogP contribution in [0.4, 0.5) is 0 Å². The Morgan fingerprint density at radius 1 is 1.10 bits per heavy atom. The highest BCUT2D eigenvalue weighted by molar-refractivity contribution is 5.87. The largest absolute Gasteiger partial charge is 0.490 e. The number of hydrogen-bond donors (Lipinski definition) is 1. The summed E-state index contributed by atoms with van der Waals surface area (Å²) in [4.78, 5) is 0.